The van der Waals surface area contributed by atoms with E-state index >= 15 is 0 Å². The summed E-state index contributed by atoms with van der Waals surface area (Å²) in [7, 11) is -1.86. The lowest BCUT2D eigenvalue weighted by atomic mass is 10.1. The Labute approximate surface area is 183 Å². The van der Waals surface area contributed by atoms with Gasteiger partial charge in [0.2, 0.25) is 15.2 Å². The predicted molar refractivity (Wildman–Crippen MR) is 117 cm³/mol. The van der Waals surface area contributed by atoms with E-state index in [-0.39, 0.29) is 16.1 Å². The summed E-state index contributed by atoms with van der Waals surface area (Å²) in [5.74, 6) is 0. The molecular formula is C17H24N6O4S3. The molecule has 1 N–H and O–H groups in total. The van der Waals surface area contributed by atoms with Crippen LogP contribution in [0, 0.1) is 10.1 Å². The fourth-order valence-corrected chi connectivity index (χ4v) is 6.23. The van der Waals surface area contributed by atoms with E-state index in [1.807, 2.05) is 32.7 Å². The average molecular weight is 473 g/mol. The minimum absolute atomic E-state index is 0.0737. The van der Waals surface area contributed by atoms with Crippen LogP contribution in [0.15, 0.2) is 32.3 Å². The molecule has 3 rings (SSSR count). The third-order valence-electron chi connectivity index (χ3n) is 4.31. The molecule has 1 aliphatic rings. The molecule has 2 aromatic rings. The lowest BCUT2D eigenvalue weighted by Crippen LogP contribution is -2.47. The zero-order valence-electron chi connectivity index (χ0n) is 17.2. The van der Waals surface area contributed by atoms with Crippen LogP contribution >= 0.6 is 23.1 Å². The van der Waals surface area contributed by atoms with Gasteiger partial charge in [0, 0.05) is 37.8 Å². The van der Waals surface area contributed by atoms with Gasteiger partial charge in [0.25, 0.3) is 5.69 Å². The number of benzene rings is 1. The van der Waals surface area contributed by atoms with E-state index in [1.165, 1.54) is 27.8 Å². The monoisotopic (exact) mass is 472 g/mol. The van der Waals surface area contributed by atoms with Crippen molar-refractivity contribution in [3.8, 4) is 0 Å². The van der Waals surface area contributed by atoms with E-state index in [9.17, 15) is 18.5 Å². The quantitative estimate of drug-likeness (QED) is 0.499. The first-order valence-electron chi connectivity index (χ1n) is 9.22. The Morgan fingerprint density at radius 2 is 1.87 bits per heavy atom. The Morgan fingerprint density at radius 1 is 1.20 bits per heavy atom. The number of anilines is 1. The summed E-state index contributed by atoms with van der Waals surface area (Å²) in [6, 6.07) is 4.01. The van der Waals surface area contributed by atoms with Crippen LogP contribution in [0.2, 0.25) is 0 Å². The normalized spacial score (nSPS) is 16.5. The van der Waals surface area contributed by atoms with Crippen molar-refractivity contribution in [3.63, 3.8) is 0 Å². The highest BCUT2D eigenvalue weighted by atomic mass is 32.2. The third-order valence-corrected chi connectivity index (χ3v) is 8.16. The molecule has 0 spiro atoms. The molecule has 1 aliphatic heterocycles. The predicted octanol–water partition coefficient (Wildman–Crippen LogP) is 2.74. The van der Waals surface area contributed by atoms with Gasteiger partial charge in [-0.1, -0.05) is 11.3 Å². The summed E-state index contributed by atoms with van der Waals surface area (Å²) in [4.78, 5) is 13.3. The van der Waals surface area contributed by atoms with Gasteiger partial charge in [0.15, 0.2) is 4.34 Å². The number of piperazine rings is 1. The van der Waals surface area contributed by atoms with E-state index in [2.05, 4.69) is 15.5 Å². The minimum Gasteiger partial charge on any atom is -0.355 e. The molecule has 10 nitrogen and oxygen atoms in total. The lowest BCUT2D eigenvalue weighted by Gasteiger charge is -2.31. The van der Waals surface area contributed by atoms with E-state index in [1.54, 1.807) is 0 Å². The molecule has 13 heteroatoms. The molecule has 0 radical (unpaired) electrons. The van der Waals surface area contributed by atoms with Crippen LogP contribution in [0.4, 0.5) is 10.8 Å². The van der Waals surface area contributed by atoms with Crippen LogP contribution < -0.4 is 5.32 Å². The molecule has 1 saturated heterocycles. The Bertz CT molecular complexity index is 1030. The zero-order chi connectivity index (χ0) is 22.1. The Morgan fingerprint density at radius 3 is 2.47 bits per heavy atom. The standard InChI is InChI=1S/C17H24N6O4S3/c1-17(2,3)18-15-19-20-16(29-15)28-14-6-5-12(11-13(14)23(24)25)30(26,27)22-9-7-21(4)8-10-22/h5-6,11H,7-10H2,1-4H3,(H,18,19). The molecule has 0 amide bonds. The Hall–Kier alpha value is -1.80. The fourth-order valence-electron chi connectivity index (χ4n) is 2.78. The molecule has 1 aromatic heterocycles. The molecule has 0 bridgehead atoms. The molecule has 0 aliphatic carbocycles. The second-order valence-corrected chi connectivity index (χ2v) is 12.1. The second kappa shape index (κ2) is 8.75. The summed E-state index contributed by atoms with van der Waals surface area (Å²) < 4.78 is 27.7. The molecule has 2 heterocycles. The van der Waals surface area contributed by atoms with Crippen molar-refractivity contribution < 1.29 is 13.3 Å². The number of aromatic nitrogens is 2. The van der Waals surface area contributed by atoms with Crippen LogP contribution in [-0.4, -0.2) is 71.5 Å². The molecule has 0 saturated carbocycles. The smallest absolute Gasteiger partial charge is 0.284 e. The van der Waals surface area contributed by atoms with Crippen molar-refractivity contribution >= 4 is 43.9 Å². The summed E-state index contributed by atoms with van der Waals surface area (Å²) in [6.07, 6.45) is 0. The van der Waals surface area contributed by atoms with Gasteiger partial charge in [-0.3, -0.25) is 10.1 Å². The maximum atomic E-state index is 12.9. The second-order valence-electron chi connectivity index (χ2n) is 7.94. The summed E-state index contributed by atoms with van der Waals surface area (Å²) in [5, 5.41) is 23.6. The van der Waals surface area contributed by atoms with Gasteiger partial charge in [-0.15, -0.1) is 10.2 Å². The van der Waals surface area contributed by atoms with Gasteiger partial charge >= 0.3 is 0 Å². The highest BCUT2D eigenvalue weighted by Gasteiger charge is 2.30. The number of hydrogen-bond acceptors (Lipinski definition) is 10. The number of nitrogens with zero attached hydrogens (tertiary/aromatic N) is 5. The largest absolute Gasteiger partial charge is 0.355 e. The first kappa shape index (κ1) is 22.9. The van der Waals surface area contributed by atoms with Crippen LogP contribution in [0.25, 0.3) is 0 Å². The number of sulfonamides is 1. The van der Waals surface area contributed by atoms with Gasteiger partial charge in [0.05, 0.1) is 14.7 Å². The van der Waals surface area contributed by atoms with Crippen molar-refractivity contribution in [2.45, 2.75) is 40.4 Å². The van der Waals surface area contributed by atoms with Crippen LogP contribution in [-0.2, 0) is 10.0 Å². The van der Waals surface area contributed by atoms with Gasteiger partial charge in [-0.05, 0) is 51.7 Å². The Balaban J connectivity index is 1.85. The first-order chi connectivity index (χ1) is 14.0. The Kier molecular flexibility index (Phi) is 6.67. The first-order valence-corrected chi connectivity index (χ1v) is 12.3. The third kappa shape index (κ3) is 5.46. The van der Waals surface area contributed by atoms with Crippen molar-refractivity contribution in [1.82, 2.24) is 19.4 Å². The number of nitro groups is 1. The maximum Gasteiger partial charge on any atom is 0.284 e. The highest BCUT2D eigenvalue weighted by molar-refractivity contribution is 8.01. The lowest BCUT2D eigenvalue weighted by molar-refractivity contribution is -0.388. The molecule has 1 aromatic carbocycles. The van der Waals surface area contributed by atoms with E-state index in [0.717, 1.165) is 17.8 Å². The minimum atomic E-state index is -3.79. The van der Waals surface area contributed by atoms with Gasteiger partial charge in [-0.2, -0.15) is 4.31 Å². The van der Waals surface area contributed by atoms with Crippen molar-refractivity contribution in [2.75, 3.05) is 38.5 Å². The topological polar surface area (TPSA) is 122 Å². The fraction of sp³-hybridized carbons (Fsp3) is 0.529. The molecular weight excluding hydrogens is 448 g/mol. The van der Waals surface area contributed by atoms with Crippen LogP contribution in [0.5, 0.6) is 0 Å². The van der Waals surface area contributed by atoms with Gasteiger partial charge < -0.3 is 10.2 Å². The van der Waals surface area contributed by atoms with Crippen molar-refractivity contribution in [3.05, 3.63) is 28.3 Å². The molecule has 1 fully saturated rings. The van der Waals surface area contributed by atoms with E-state index < -0.39 is 14.9 Å². The van der Waals surface area contributed by atoms with Gasteiger partial charge in [0.1, 0.15) is 0 Å². The van der Waals surface area contributed by atoms with Gasteiger partial charge in [-0.25, -0.2) is 8.42 Å². The van der Waals surface area contributed by atoms with Crippen LogP contribution in [0.1, 0.15) is 20.8 Å². The van der Waals surface area contributed by atoms with Crippen molar-refractivity contribution in [2.24, 2.45) is 0 Å². The number of hydrogen-bond donors (Lipinski definition) is 1. The number of rotatable bonds is 6. The molecule has 0 atom stereocenters. The number of nitro benzene ring substituents is 1. The van der Waals surface area contributed by atoms with E-state index in [0.29, 0.717) is 40.5 Å². The zero-order valence-corrected chi connectivity index (χ0v) is 19.6. The molecule has 0 unspecified atom stereocenters. The maximum absolute atomic E-state index is 12.9. The SMILES string of the molecule is CN1CCN(S(=O)(=O)c2ccc(Sc3nnc(NC(C)(C)C)s3)c([N+](=O)[O-])c2)CC1. The number of nitrogens with one attached hydrogen (secondary N) is 1. The van der Waals surface area contributed by atoms with Crippen LogP contribution in [0.3, 0.4) is 0 Å². The van der Waals surface area contributed by atoms with Crippen molar-refractivity contribution in [1.29, 1.82) is 0 Å². The highest BCUT2D eigenvalue weighted by Crippen LogP contribution is 2.39. The summed E-state index contributed by atoms with van der Waals surface area (Å²) >= 11 is 2.38. The summed E-state index contributed by atoms with van der Waals surface area (Å²) in [6.45, 7) is 7.94. The summed E-state index contributed by atoms with van der Waals surface area (Å²) in [5.41, 5.74) is -0.456. The van der Waals surface area contributed by atoms with E-state index in [4.69, 9.17) is 0 Å². The molecule has 30 heavy (non-hydrogen) atoms. The number of likely N-dealkylation sites (N-methyl/N-ethyl adjacent to an activating group) is 1. The average Bonchev–Trinajstić information content (AvgIpc) is 3.07. The molecule has 164 valence electrons.